The summed E-state index contributed by atoms with van der Waals surface area (Å²) in [6, 6.07) is 7.67. The van der Waals surface area contributed by atoms with E-state index in [1.165, 1.54) is 12.8 Å². The SMILES string of the molecule is COc1ccc(CC(=O)CNc2nc3c(cnn3C3CCCC3)c(=O)[nH]2)cc1. The number of ether oxygens (including phenoxy) is 1. The summed E-state index contributed by atoms with van der Waals surface area (Å²) in [7, 11) is 1.60. The van der Waals surface area contributed by atoms with E-state index in [-0.39, 0.29) is 23.9 Å². The number of nitrogens with one attached hydrogen (secondary N) is 2. The molecular weight excluding hydrogens is 358 g/mol. The van der Waals surface area contributed by atoms with Crippen LogP contribution in [-0.4, -0.2) is 39.2 Å². The van der Waals surface area contributed by atoms with Crippen LogP contribution < -0.4 is 15.6 Å². The van der Waals surface area contributed by atoms with Crippen LogP contribution in [0.3, 0.4) is 0 Å². The molecule has 0 atom stereocenters. The molecule has 2 N–H and O–H groups in total. The maximum Gasteiger partial charge on any atom is 0.263 e. The molecule has 8 nitrogen and oxygen atoms in total. The number of rotatable bonds is 7. The third kappa shape index (κ3) is 3.76. The molecule has 4 rings (SSSR count). The number of nitrogens with zero attached hydrogens (tertiary/aromatic N) is 3. The summed E-state index contributed by atoms with van der Waals surface area (Å²) in [5, 5.41) is 7.79. The first-order valence-electron chi connectivity index (χ1n) is 9.50. The Morgan fingerprint density at radius 3 is 2.75 bits per heavy atom. The van der Waals surface area contributed by atoms with Crippen molar-refractivity contribution >= 4 is 22.8 Å². The first-order valence-corrected chi connectivity index (χ1v) is 9.50. The highest BCUT2D eigenvalue weighted by Crippen LogP contribution is 2.30. The van der Waals surface area contributed by atoms with Crippen LogP contribution >= 0.6 is 0 Å². The third-order valence-corrected chi connectivity index (χ3v) is 5.15. The Balaban J connectivity index is 1.45. The van der Waals surface area contributed by atoms with Crippen molar-refractivity contribution in [3.63, 3.8) is 0 Å². The number of fused-ring (bicyclic) bond motifs is 1. The van der Waals surface area contributed by atoms with E-state index in [0.717, 1.165) is 24.2 Å². The summed E-state index contributed by atoms with van der Waals surface area (Å²) in [5.74, 6) is 1.04. The molecule has 1 aromatic carbocycles. The van der Waals surface area contributed by atoms with E-state index in [9.17, 15) is 9.59 Å². The van der Waals surface area contributed by atoms with E-state index in [2.05, 4.69) is 20.4 Å². The summed E-state index contributed by atoms with van der Waals surface area (Å²) in [5.41, 5.74) is 1.23. The van der Waals surface area contributed by atoms with Crippen LogP contribution in [0.4, 0.5) is 5.95 Å². The van der Waals surface area contributed by atoms with Gasteiger partial charge in [0.1, 0.15) is 11.1 Å². The van der Waals surface area contributed by atoms with Crippen LogP contribution in [0, 0.1) is 0 Å². The monoisotopic (exact) mass is 381 g/mol. The lowest BCUT2D eigenvalue weighted by Gasteiger charge is -2.11. The molecule has 28 heavy (non-hydrogen) atoms. The lowest BCUT2D eigenvalue weighted by molar-refractivity contribution is -0.116. The Bertz CT molecular complexity index is 1030. The van der Waals surface area contributed by atoms with Gasteiger partial charge in [0.2, 0.25) is 5.95 Å². The number of Topliss-reactive ketones (excluding diaryl/α,β-unsaturated/α-hetero) is 1. The second-order valence-corrected chi connectivity index (χ2v) is 7.10. The fourth-order valence-corrected chi connectivity index (χ4v) is 3.65. The zero-order valence-corrected chi connectivity index (χ0v) is 15.8. The second-order valence-electron chi connectivity index (χ2n) is 7.10. The molecule has 3 aromatic rings. The number of carbonyl (C=O) groups is 1. The van der Waals surface area contributed by atoms with E-state index in [1.54, 1.807) is 13.3 Å². The van der Waals surface area contributed by atoms with Crippen LogP contribution in [-0.2, 0) is 11.2 Å². The number of hydrogen-bond acceptors (Lipinski definition) is 6. The summed E-state index contributed by atoms with van der Waals surface area (Å²) in [6.45, 7) is 0.0814. The molecular formula is C20H23N5O3. The molecule has 1 aliphatic rings. The molecule has 0 radical (unpaired) electrons. The third-order valence-electron chi connectivity index (χ3n) is 5.15. The number of aromatic nitrogens is 4. The van der Waals surface area contributed by atoms with Crippen molar-refractivity contribution in [2.75, 3.05) is 19.0 Å². The van der Waals surface area contributed by atoms with E-state index in [1.807, 2.05) is 28.9 Å². The molecule has 0 unspecified atom stereocenters. The fourth-order valence-electron chi connectivity index (χ4n) is 3.65. The number of carbonyl (C=O) groups excluding carboxylic acids is 1. The van der Waals surface area contributed by atoms with Crippen LogP contribution in [0.2, 0.25) is 0 Å². The number of anilines is 1. The average Bonchev–Trinajstić information content (AvgIpc) is 3.36. The largest absolute Gasteiger partial charge is 0.497 e. The van der Waals surface area contributed by atoms with Gasteiger partial charge in [-0.05, 0) is 30.5 Å². The molecule has 1 aliphatic carbocycles. The molecule has 2 heterocycles. The van der Waals surface area contributed by atoms with Crippen molar-refractivity contribution in [3.05, 3.63) is 46.4 Å². The maximum absolute atomic E-state index is 12.3. The quantitative estimate of drug-likeness (QED) is 0.652. The van der Waals surface area contributed by atoms with Gasteiger partial charge in [-0.3, -0.25) is 14.6 Å². The lowest BCUT2D eigenvalue weighted by atomic mass is 10.1. The van der Waals surface area contributed by atoms with Gasteiger partial charge >= 0.3 is 0 Å². The van der Waals surface area contributed by atoms with Gasteiger partial charge in [-0.2, -0.15) is 10.1 Å². The summed E-state index contributed by atoms with van der Waals surface area (Å²) in [6.07, 6.45) is 6.30. The minimum absolute atomic E-state index is 0.00258. The van der Waals surface area contributed by atoms with Crippen LogP contribution in [0.15, 0.2) is 35.3 Å². The van der Waals surface area contributed by atoms with E-state index in [0.29, 0.717) is 23.4 Å². The molecule has 1 fully saturated rings. The molecule has 0 amide bonds. The van der Waals surface area contributed by atoms with Gasteiger partial charge in [0.05, 0.1) is 25.9 Å². The Morgan fingerprint density at radius 2 is 2.04 bits per heavy atom. The molecule has 0 bridgehead atoms. The highest BCUT2D eigenvalue weighted by Gasteiger charge is 2.21. The Hall–Kier alpha value is -3.16. The van der Waals surface area contributed by atoms with Crippen molar-refractivity contribution in [2.45, 2.75) is 38.1 Å². The average molecular weight is 381 g/mol. The van der Waals surface area contributed by atoms with Crippen molar-refractivity contribution in [3.8, 4) is 5.75 Å². The molecule has 1 saturated carbocycles. The lowest BCUT2D eigenvalue weighted by Crippen LogP contribution is -2.20. The number of H-pyrrole nitrogens is 1. The fraction of sp³-hybridized carbons (Fsp3) is 0.400. The first kappa shape index (κ1) is 18.2. The highest BCUT2D eigenvalue weighted by molar-refractivity contribution is 5.85. The standard InChI is InChI=1S/C20H23N5O3/c1-28-16-8-6-13(7-9-16)10-15(26)11-21-20-23-18-17(19(27)24-20)12-22-25(18)14-4-2-3-5-14/h6-9,12,14H,2-5,10-11H2,1H3,(H2,21,23,24,27). The first-order chi connectivity index (χ1) is 13.6. The summed E-state index contributed by atoms with van der Waals surface area (Å²) < 4.78 is 6.97. The highest BCUT2D eigenvalue weighted by atomic mass is 16.5. The van der Waals surface area contributed by atoms with Crippen molar-refractivity contribution in [1.82, 2.24) is 19.7 Å². The van der Waals surface area contributed by atoms with Crippen molar-refractivity contribution in [1.29, 1.82) is 0 Å². The molecule has 0 saturated heterocycles. The Kier molecular flexibility index (Phi) is 5.10. The van der Waals surface area contributed by atoms with E-state index in [4.69, 9.17) is 4.74 Å². The molecule has 0 aliphatic heterocycles. The summed E-state index contributed by atoms with van der Waals surface area (Å²) in [4.78, 5) is 31.8. The zero-order chi connectivity index (χ0) is 19.5. The molecule has 0 spiro atoms. The molecule has 146 valence electrons. The number of hydrogen-bond donors (Lipinski definition) is 2. The van der Waals surface area contributed by atoms with Gasteiger partial charge < -0.3 is 10.1 Å². The van der Waals surface area contributed by atoms with Crippen LogP contribution in [0.1, 0.15) is 37.3 Å². The molecule has 8 heteroatoms. The van der Waals surface area contributed by atoms with Crippen molar-refractivity contribution in [2.24, 2.45) is 0 Å². The topological polar surface area (TPSA) is 102 Å². The van der Waals surface area contributed by atoms with Gasteiger partial charge in [0, 0.05) is 6.42 Å². The minimum atomic E-state index is -0.251. The Labute approximate surface area is 161 Å². The Morgan fingerprint density at radius 1 is 1.29 bits per heavy atom. The number of benzene rings is 1. The smallest absolute Gasteiger partial charge is 0.263 e. The van der Waals surface area contributed by atoms with Gasteiger partial charge in [0.25, 0.3) is 5.56 Å². The number of aromatic amines is 1. The van der Waals surface area contributed by atoms with Gasteiger partial charge in [-0.15, -0.1) is 0 Å². The van der Waals surface area contributed by atoms with E-state index >= 15 is 0 Å². The number of methoxy groups -OCH3 is 1. The molecule has 2 aromatic heterocycles. The maximum atomic E-state index is 12.3. The van der Waals surface area contributed by atoms with Gasteiger partial charge in [0.15, 0.2) is 11.4 Å². The van der Waals surface area contributed by atoms with Crippen LogP contribution in [0.5, 0.6) is 5.75 Å². The van der Waals surface area contributed by atoms with Crippen molar-refractivity contribution < 1.29 is 9.53 Å². The summed E-state index contributed by atoms with van der Waals surface area (Å²) >= 11 is 0. The van der Waals surface area contributed by atoms with Gasteiger partial charge in [-0.25, -0.2) is 4.68 Å². The predicted molar refractivity (Wildman–Crippen MR) is 106 cm³/mol. The normalized spacial score (nSPS) is 14.5. The predicted octanol–water partition coefficient (Wildman–Crippen LogP) is 2.47. The number of ketones is 1. The van der Waals surface area contributed by atoms with Crippen LogP contribution in [0.25, 0.3) is 11.0 Å². The van der Waals surface area contributed by atoms with Gasteiger partial charge in [-0.1, -0.05) is 25.0 Å². The second kappa shape index (κ2) is 7.84. The minimum Gasteiger partial charge on any atom is -0.497 e. The van der Waals surface area contributed by atoms with E-state index < -0.39 is 0 Å². The zero-order valence-electron chi connectivity index (χ0n) is 15.8.